The van der Waals surface area contributed by atoms with E-state index in [-0.39, 0.29) is 0 Å². The molecule has 0 radical (unpaired) electrons. The van der Waals surface area contributed by atoms with Crippen LogP contribution in [0.4, 0.5) is 0 Å². The van der Waals surface area contributed by atoms with Gasteiger partial charge in [0.2, 0.25) is 0 Å². The summed E-state index contributed by atoms with van der Waals surface area (Å²) in [5, 5.41) is 3.35. The molecule has 94 valence electrons. The number of rotatable bonds is 3. The molecule has 0 aromatic carbocycles. The van der Waals surface area contributed by atoms with Crippen molar-refractivity contribution in [3.05, 3.63) is 0 Å². The molecule has 16 heavy (non-hydrogen) atoms. The second kappa shape index (κ2) is 5.48. The van der Waals surface area contributed by atoms with Crippen LogP contribution in [0.2, 0.25) is 0 Å². The molecular weight excluding hydrogens is 198 g/mol. The van der Waals surface area contributed by atoms with Gasteiger partial charge in [-0.3, -0.25) is 4.90 Å². The zero-order valence-corrected chi connectivity index (χ0v) is 11.1. The normalized spacial score (nSPS) is 38.1. The van der Waals surface area contributed by atoms with E-state index in [0.717, 1.165) is 18.1 Å². The molecule has 2 aliphatic rings. The highest BCUT2D eigenvalue weighted by Crippen LogP contribution is 2.27. The van der Waals surface area contributed by atoms with Crippen LogP contribution in [0, 0.1) is 0 Å². The lowest BCUT2D eigenvalue weighted by atomic mass is 9.97. The fraction of sp³-hybridized carbons (Fsp3) is 1.00. The fourth-order valence-corrected chi connectivity index (χ4v) is 3.36. The van der Waals surface area contributed by atoms with Crippen molar-refractivity contribution >= 4 is 0 Å². The van der Waals surface area contributed by atoms with Gasteiger partial charge < -0.3 is 10.2 Å². The standard InChI is InChI=1S/C13H27N3/c1-11-9-12(6-8-15(11)3)16-7-4-5-13(16)10-14-2/h11-14H,4-10H2,1-3H3. The van der Waals surface area contributed by atoms with Crippen molar-refractivity contribution in [2.45, 2.75) is 50.7 Å². The van der Waals surface area contributed by atoms with Gasteiger partial charge in [-0.25, -0.2) is 0 Å². The summed E-state index contributed by atoms with van der Waals surface area (Å²) < 4.78 is 0. The predicted molar refractivity (Wildman–Crippen MR) is 68.8 cm³/mol. The molecular formula is C13H27N3. The molecule has 2 rings (SSSR count). The summed E-state index contributed by atoms with van der Waals surface area (Å²) in [4.78, 5) is 5.28. The zero-order chi connectivity index (χ0) is 11.5. The Hall–Kier alpha value is -0.120. The maximum Gasteiger partial charge on any atom is 0.0223 e. The summed E-state index contributed by atoms with van der Waals surface area (Å²) >= 11 is 0. The van der Waals surface area contributed by atoms with Crippen molar-refractivity contribution in [1.29, 1.82) is 0 Å². The topological polar surface area (TPSA) is 18.5 Å². The SMILES string of the molecule is CNCC1CCCN1C1CCN(C)C(C)C1. The average molecular weight is 225 g/mol. The predicted octanol–water partition coefficient (Wildman–Crippen LogP) is 1.15. The van der Waals surface area contributed by atoms with Crippen LogP contribution in [0.15, 0.2) is 0 Å². The Balaban J connectivity index is 1.91. The van der Waals surface area contributed by atoms with Gasteiger partial charge in [0.15, 0.2) is 0 Å². The lowest BCUT2D eigenvalue weighted by Crippen LogP contribution is -2.50. The molecule has 2 fully saturated rings. The molecule has 2 saturated heterocycles. The highest BCUT2D eigenvalue weighted by atomic mass is 15.2. The first-order valence-electron chi connectivity index (χ1n) is 6.83. The maximum atomic E-state index is 3.35. The molecule has 3 atom stereocenters. The minimum Gasteiger partial charge on any atom is -0.318 e. The lowest BCUT2D eigenvalue weighted by molar-refractivity contribution is 0.0799. The second-order valence-corrected chi connectivity index (χ2v) is 5.60. The monoisotopic (exact) mass is 225 g/mol. The Bertz CT molecular complexity index is 219. The van der Waals surface area contributed by atoms with Gasteiger partial charge in [-0.05, 0) is 59.8 Å². The van der Waals surface area contributed by atoms with E-state index in [1.807, 2.05) is 0 Å². The largest absolute Gasteiger partial charge is 0.318 e. The third-order valence-electron chi connectivity index (χ3n) is 4.51. The van der Waals surface area contributed by atoms with Crippen LogP contribution >= 0.6 is 0 Å². The Morgan fingerprint density at radius 1 is 1.25 bits per heavy atom. The molecule has 3 heteroatoms. The molecule has 2 heterocycles. The molecule has 1 N–H and O–H groups in total. The average Bonchev–Trinajstić information content (AvgIpc) is 2.71. The summed E-state index contributed by atoms with van der Waals surface area (Å²) in [7, 11) is 4.34. The number of nitrogens with one attached hydrogen (secondary N) is 1. The fourth-order valence-electron chi connectivity index (χ4n) is 3.36. The van der Waals surface area contributed by atoms with E-state index < -0.39 is 0 Å². The first-order chi connectivity index (χ1) is 7.72. The minimum atomic E-state index is 0.759. The van der Waals surface area contributed by atoms with Crippen LogP contribution in [0.3, 0.4) is 0 Å². The summed E-state index contributed by atoms with van der Waals surface area (Å²) in [6.07, 6.45) is 5.51. The quantitative estimate of drug-likeness (QED) is 0.777. The molecule has 0 saturated carbocycles. The van der Waals surface area contributed by atoms with E-state index in [1.54, 1.807) is 0 Å². The van der Waals surface area contributed by atoms with Gasteiger partial charge >= 0.3 is 0 Å². The van der Waals surface area contributed by atoms with Gasteiger partial charge in [-0.2, -0.15) is 0 Å². The molecule has 0 aromatic rings. The molecule has 2 aliphatic heterocycles. The Labute approximate surface area is 100 Å². The highest BCUT2D eigenvalue weighted by Gasteiger charge is 2.33. The number of likely N-dealkylation sites (tertiary alicyclic amines) is 2. The maximum absolute atomic E-state index is 3.35. The second-order valence-electron chi connectivity index (χ2n) is 5.60. The first-order valence-corrected chi connectivity index (χ1v) is 6.83. The Morgan fingerprint density at radius 2 is 2.06 bits per heavy atom. The molecule has 0 spiro atoms. The van der Waals surface area contributed by atoms with E-state index in [4.69, 9.17) is 0 Å². The number of hydrogen-bond donors (Lipinski definition) is 1. The van der Waals surface area contributed by atoms with Crippen molar-refractivity contribution in [2.75, 3.05) is 33.7 Å². The van der Waals surface area contributed by atoms with Crippen molar-refractivity contribution in [2.24, 2.45) is 0 Å². The lowest BCUT2D eigenvalue weighted by Gasteiger charge is -2.41. The van der Waals surface area contributed by atoms with E-state index in [9.17, 15) is 0 Å². The zero-order valence-electron chi connectivity index (χ0n) is 11.1. The van der Waals surface area contributed by atoms with E-state index in [2.05, 4.69) is 36.1 Å². The number of likely N-dealkylation sites (N-methyl/N-ethyl adjacent to an activating group) is 1. The van der Waals surface area contributed by atoms with Gasteiger partial charge in [-0.15, -0.1) is 0 Å². The summed E-state index contributed by atoms with van der Waals surface area (Å²) in [5.41, 5.74) is 0. The van der Waals surface area contributed by atoms with Crippen LogP contribution in [0.1, 0.15) is 32.6 Å². The van der Waals surface area contributed by atoms with Crippen molar-refractivity contribution in [1.82, 2.24) is 15.1 Å². The van der Waals surface area contributed by atoms with Gasteiger partial charge in [0.1, 0.15) is 0 Å². The van der Waals surface area contributed by atoms with E-state index in [1.165, 1.54) is 45.3 Å². The highest BCUT2D eigenvalue weighted by molar-refractivity contribution is 4.90. The van der Waals surface area contributed by atoms with Gasteiger partial charge in [0.25, 0.3) is 0 Å². The van der Waals surface area contributed by atoms with Crippen LogP contribution < -0.4 is 5.32 Å². The van der Waals surface area contributed by atoms with Crippen molar-refractivity contribution in [3.63, 3.8) is 0 Å². The van der Waals surface area contributed by atoms with Crippen molar-refractivity contribution < 1.29 is 0 Å². The van der Waals surface area contributed by atoms with Gasteiger partial charge in [0, 0.05) is 24.7 Å². The summed E-state index contributed by atoms with van der Waals surface area (Å²) in [5.74, 6) is 0. The van der Waals surface area contributed by atoms with E-state index >= 15 is 0 Å². The molecule has 0 bridgehead atoms. The van der Waals surface area contributed by atoms with Gasteiger partial charge in [-0.1, -0.05) is 0 Å². The molecule has 3 nitrogen and oxygen atoms in total. The molecule has 0 aromatic heterocycles. The van der Waals surface area contributed by atoms with Crippen LogP contribution in [-0.4, -0.2) is 61.7 Å². The van der Waals surface area contributed by atoms with Gasteiger partial charge in [0.05, 0.1) is 0 Å². The Morgan fingerprint density at radius 3 is 2.75 bits per heavy atom. The minimum absolute atomic E-state index is 0.759. The third kappa shape index (κ3) is 2.58. The number of hydrogen-bond acceptors (Lipinski definition) is 3. The Kier molecular flexibility index (Phi) is 4.22. The van der Waals surface area contributed by atoms with Crippen molar-refractivity contribution in [3.8, 4) is 0 Å². The third-order valence-corrected chi connectivity index (χ3v) is 4.51. The van der Waals surface area contributed by atoms with Crippen LogP contribution in [0.25, 0.3) is 0 Å². The molecule has 3 unspecified atom stereocenters. The summed E-state index contributed by atoms with van der Waals surface area (Å²) in [6, 6.07) is 2.40. The molecule has 0 amide bonds. The van der Waals surface area contributed by atoms with E-state index in [0.29, 0.717) is 0 Å². The number of nitrogens with zero attached hydrogens (tertiary/aromatic N) is 2. The van der Waals surface area contributed by atoms with Crippen LogP contribution in [0.5, 0.6) is 0 Å². The van der Waals surface area contributed by atoms with Crippen LogP contribution in [-0.2, 0) is 0 Å². The molecule has 0 aliphatic carbocycles. The smallest absolute Gasteiger partial charge is 0.0223 e. The number of piperidine rings is 1. The summed E-state index contributed by atoms with van der Waals surface area (Å²) in [6.45, 7) is 6.14. The first kappa shape index (κ1) is 12.3.